The summed E-state index contributed by atoms with van der Waals surface area (Å²) in [7, 11) is 0. The number of hydrogen-bond donors (Lipinski definition) is 1. The lowest BCUT2D eigenvalue weighted by Crippen LogP contribution is -2.38. The van der Waals surface area contributed by atoms with Crippen LogP contribution >= 0.6 is 23.1 Å². The van der Waals surface area contributed by atoms with Gasteiger partial charge < -0.3 is 14.8 Å². The summed E-state index contributed by atoms with van der Waals surface area (Å²) in [6.07, 6.45) is 8.50. The van der Waals surface area contributed by atoms with Crippen molar-refractivity contribution in [2.45, 2.75) is 43.2 Å². The van der Waals surface area contributed by atoms with E-state index in [1.807, 2.05) is 23.7 Å². The van der Waals surface area contributed by atoms with Crippen LogP contribution in [0.3, 0.4) is 0 Å². The summed E-state index contributed by atoms with van der Waals surface area (Å²) in [5.41, 5.74) is 4.45. The standard InChI is InChI=1S/C28H25F2N3OS2/c1-35-19-11-8-17(9-12-19)26-24-6-4-14-32(24)27-21(20-5-2-3-7-25(20)36-27)16-33(26)28(34)31-23-13-10-18(29)15-22(23)30/h4,6,8-15,26H,2-3,5,7,16H2,1H3,(H,31,34). The zero-order chi connectivity index (χ0) is 24.8. The number of rotatable bonds is 3. The van der Waals surface area contributed by atoms with Crippen molar-refractivity contribution in [2.75, 3.05) is 11.6 Å². The Kier molecular flexibility index (Phi) is 6.09. The number of urea groups is 1. The highest BCUT2D eigenvalue weighted by molar-refractivity contribution is 7.98. The highest BCUT2D eigenvalue weighted by atomic mass is 32.2. The highest BCUT2D eigenvalue weighted by Gasteiger charge is 2.36. The topological polar surface area (TPSA) is 37.3 Å². The van der Waals surface area contributed by atoms with Crippen LogP contribution in [0.25, 0.3) is 5.00 Å². The Labute approximate surface area is 216 Å². The van der Waals surface area contributed by atoms with Crippen molar-refractivity contribution in [2.24, 2.45) is 0 Å². The van der Waals surface area contributed by atoms with Gasteiger partial charge in [-0.3, -0.25) is 0 Å². The Hall–Kier alpha value is -3.10. The van der Waals surface area contributed by atoms with Crippen LogP contribution in [0.5, 0.6) is 0 Å². The van der Waals surface area contributed by atoms with E-state index >= 15 is 0 Å². The molecular weight excluding hydrogens is 496 g/mol. The molecule has 0 saturated carbocycles. The van der Waals surface area contributed by atoms with Crippen LogP contribution in [0.4, 0.5) is 19.3 Å². The van der Waals surface area contributed by atoms with E-state index in [1.54, 1.807) is 16.7 Å². The van der Waals surface area contributed by atoms with Gasteiger partial charge in [0.05, 0.1) is 24.0 Å². The summed E-state index contributed by atoms with van der Waals surface area (Å²) in [5, 5.41) is 3.88. The number of halogens is 2. The van der Waals surface area contributed by atoms with Gasteiger partial charge >= 0.3 is 6.03 Å². The van der Waals surface area contributed by atoms with Crippen LogP contribution in [-0.4, -0.2) is 21.8 Å². The van der Waals surface area contributed by atoms with Crippen molar-refractivity contribution in [1.29, 1.82) is 0 Å². The molecule has 0 saturated heterocycles. The minimum absolute atomic E-state index is 0.0370. The maximum atomic E-state index is 14.5. The minimum atomic E-state index is -0.795. The summed E-state index contributed by atoms with van der Waals surface area (Å²) in [6, 6.07) is 14.7. The van der Waals surface area contributed by atoms with Gasteiger partial charge in [0.15, 0.2) is 0 Å². The molecule has 4 aromatic rings. The van der Waals surface area contributed by atoms with Crippen LogP contribution in [-0.2, 0) is 19.4 Å². The number of fused-ring (bicyclic) bond motifs is 5. The average Bonchev–Trinajstić information content (AvgIpc) is 3.48. The lowest BCUT2D eigenvalue weighted by atomic mass is 9.95. The molecule has 0 radical (unpaired) electrons. The molecule has 1 unspecified atom stereocenters. The quantitative estimate of drug-likeness (QED) is 0.283. The van der Waals surface area contributed by atoms with E-state index in [-0.39, 0.29) is 11.7 Å². The molecule has 0 fully saturated rings. The number of nitrogens with zero attached hydrogens (tertiary/aromatic N) is 2. The van der Waals surface area contributed by atoms with E-state index in [4.69, 9.17) is 0 Å². The molecule has 1 aliphatic heterocycles. The molecular formula is C28H25F2N3OS2. The molecule has 3 heterocycles. The van der Waals surface area contributed by atoms with E-state index in [9.17, 15) is 13.6 Å². The smallest absolute Gasteiger partial charge is 0.310 e. The number of aromatic nitrogens is 1. The lowest BCUT2D eigenvalue weighted by Gasteiger charge is -2.31. The lowest BCUT2D eigenvalue weighted by molar-refractivity contribution is 0.194. The number of carbonyl (C=O) groups excluding carboxylic acids is 1. The van der Waals surface area contributed by atoms with Crippen molar-refractivity contribution in [3.05, 3.63) is 99.7 Å². The fourth-order valence-electron chi connectivity index (χ4n) is 5.30. The Balaban J connectivity index is 1.48. The zero-order valence-corrected chi connectivity index (χ0v) is 21.4. The van der Waals surface area contributed by atoms with Crippen molar-refractivity contribution < 1.29 is 13.6 Å². The van der Waals surface area contributed by atoms with Crippen molar-refractivity contribution in [3.8, 4) is 5.00 Å². The summed E-state index contributed by atoms with van der Waals surface area (Å²) >= 11 is 3.49. The second kappa shape index (κ2) is 9.41. The third kappa shape index (κ3) is 4.02. The second-order valence-electron chi connectivity index (χ2n) is 9.16. The van der Waals surface area contributed by atoms with E-state index < -0.39 is 17.7 Å². The number of amides is 2. The van der Waals surface area contributed by atoms with Crippen LogP contribution in [0.1, 0.15) is 46.1 Å². The van der Waals surface area contributed by atoms with Gasteiger partial charge in [-0.1, -0.05) is 12.1 Å². The van der Waals surface area contributed by atoms with Crippen molar-refractivity contribution in [1.82, 2.24) is 9.47 Å². The summed E-state index contributed by atoms with van der Waals surface area (Å²) in [4.78, 5) is 18.2. The first-order valence-electron chi connectivity index (χ1n) is 12.0. The molecule has 1 N–H and O–H groups in total. The Morgan fingerprint density at radius 1 is 1.06 bits per heavy atom. The van der Waals surface area contributed by atoms with Crippen LogP contribution in [0, 0.1) is 11.6 Å². The Morgan fingerprint density at radius 2 is 1.86 bits per heavy atom. The van der Waals surface area contributed by atoms with Gasteiger partial charge in [0.1, 0.15) is 16.6 Å². The van der Waals surface area contributed by atoms with Gasteiger partial charge in [-0.2, -0.15) is 0 Å². The molecule has 184 valence electrons. The van der Waals surface area contributed by atoms with E-state index in [1.165, 1.54) is 28.5 Å². The van der Waals surface area contributed by atoms with Crippen molar-refractivity contribution >= 4 is 34.8 Å². The average molecular weight is 522 g/mol. The van der Waals surface area contributed by atoms with E-state index in [0.29, 0.717) is 6.54 Å². The monoisotopic (exact) mass is 521 g/mol. The molecule has 4 nitrogen and oxygen atoms in total. The molecule has 2 aliphatic rings. The third-order valence-electron chi connectivity index (χ3n) is 7.04. The van der Waals surface area contributed by atoms with Crippen LogP contribution in [0.2, 0.25) is 0 Å². The molecule has 2 amide bonds. The van der Waals surface area contributed by atoms with Gasteiger partial charge in [-0.15, -0.1) is 23.1 Å². The maximum Gasteiger partial charge on any atom is 0.323 e. The maximum absolute atomic E-state index is 14.5. The Bertz CT molecular complexity index is 1440. The SMILES string of the molecule is CSc1ccc(C2c3cccn3-c3sc4c(c3CN2C(=O)Nc2ccc(F)cc2F)CCCC4)cc1. The Morgan fingerprint density at radius 3 is 2.64 bits per heavy atom. The largest absolute Gasteiger partial charge is 0.323 e. The predicted octanol–water partition coefficient (Wildman–Crippen LogP) is 7.55. The van der Waals surface area contributed by atoms with Gasteiger partial charge in [-0.05, 0) is 79.5 Å². The first-order chi connectivity index (χ1) is 17.5. The highest BCUT2D eigenvalue weighted by Crippen LogP contribution is 2.44. The fourth-order valence-corrected chi connectivity index (χ4v) is 7.11. The molecule has 1 atom stereocenters. The van der Waals surface area contributed by atoms with Crippen molar-refractivity contribution in [3.63, 3.8) is 0 Å². The molecule has 6 rings (SSSR count). The van der Waals surface area contributed by atoms with Gasteiger partial charge in [-0.25, -0.2) is 13.6 Å². The molecule has 1 aliphatic carbocycles. The second-order valence-corrected chi connectivity index (χ2v) is 11.1. The summed E-state index contributed by atoms with van der Waals surface area (Å²) in [6.45, 7) is 0.409. The molecule has 0 spiro atoms. The van der Waals surface area contributed by atoms with E-state index in [0.717, 1.165) is 52.5 Å². The molecule has 36 heavy (non-hydrogen) atoms. The van der Waals surface area contributed by atoms with Crippen LogP contribution < -0.4 is 5.32 Å². The number of thiophene rings is 1. The summed E-state index contributed by atoms with van der Waals surface area (Å²) < 4.78 is 30.2. The zero-order valence-electron chi connectivity index (χ0n) is 19.8. The fraction of sp³-hybridized carbons (Fsp3) is 0.250. The molecule has 8 heteroatoms. The number of nitrogens with one attached hydrogen (secondary N) is 1. The number of thioether (sulfide) groups is 1. The molecule has 2 aromatic carbocycles. The predicted molar refractivity (Wildman–Crippen MR) is 141 cm³/mol. The number of aryl methyl sites for hydroxylation is 1. The number of benzene rings is 2. The van der Waals surface area contributed by atoms with E-state index in [2.05, 4.69) is 46.4 Å². The molecule has 0 bridgehead atoms. The number of anilines is 1. The first kappa shape index (κ1) is 23.3. The first-order valence-corrected chi connectivity index (χ1v) is 14.1. The van der Waals surface area contributed by atoms with Crippen LogP contribution in [0.15, 0.2) is 65.7 Å². The van der Waals surface area contributed by atoms with Gasteiger partial charge in [0, 0.05) is 27.6 Å². The number of hydrogen-bond acceptors (Lipinski definition) is 3. The summed E-state index contributed by atoms with van der Waals surface area (Å²) in [5.74, 6) is -1.48. The number of carbonyl (C=O) groups is 1. The molecule has 2 aromatic heterocycles. The van der Waals surface area contributed by atoms with Gasteiger partial charge in [0.25, 0.3) is 0 Å². The van der Waals surface area contributed by atoms with Gasteiger partial charge in [0.2, 0.25) is 0 Å². The minimum Gasteiger partial charge on any atom is -0.310 e. The normalized spacial score (nSPS) is 16.6. The third-order valence-corrected chi connectivity index (χ3v) is 9.12.